The van der Waals surface area contributed by atoms with Gasteiger partial charge < -0.3 is 4.90 Å². The first-order valence-corrected chi connectivity index (χ1v) is 8.69. The highest BCUT2D eigenvalue weighted by atomic mass is 32.1. The van der Waals surface area contributed by atoms with E-state index in [0.717, 1.165) is 25.9 Å². The second-order valence-electron chi connectivity index (χ2n) is 5.58. The molecule has 23 heavy (non-hydrogen) atoms. The lowest BCUT2D eigenvalue weighted by molar-refractivity contribution is -0.131. The summed E-state index contributed by atoms with van der Waals surface area (Å²) in [7, 11) is 0. The van der Waals surface area contributed by atoms with E-state index in [1.54, 1.807) is 12.1 Å². The van der Waals surface area contributed by atoms with Gasteiger partial charge in [-0.3, -0.25) is 14.9 Å². The molecule has 6 heteroatoms. The Labute approximate surface area is 139 Å². The van der Waals surface area contributed by atoms with Gasteiger partial charge in [0.2, 0.25) is 5.91 Å². The standard InChI is InChI=1S/C17H19N3O2S/c21-15(20-9-5-2-6-10-20)11-14-12-23-17(18-14)19-16(22)13-7-3-1-4-8-13/h1,3-4,7-8,12H,2,5-6,9-11H2,(H,18,19,22). The first-order valence-electron chi connectivity index (χ1n) is 7.81. The van der Waals surface area contributed by atoms with Crippen molar-refractivity contribution >= 4 is 28.3 Å². The molecule has 2 amide bonds. The fourth-order valence-electron chi connectivity index (χ4n) is 2.61. The predicted molar refractivity (Wildman–Crippen MR) is 90.6 cm³/mol. The van der Waals surface area contributed by atoms with Crippen molar-refractivity contribution in [2.45, 2.75) is 25.7 Å². The monoisotopic (exact) mass is 329 g/mol. The summed E-state index contributed by atoms with van der Waals surface area (Å²) >= 11 is 1.35. The Morgan fingerprint density at radius 3 is 2.61 bits per heavy atom. The van der Waals surface area contributed by atoms with Crippen LogP contribution in [0.3, 0.4) is 0 Å². The van der Waals surface area contributed by atoms with Crippen molar-refractivity contribution in [2.75, 3.05) is 18.4 Å². The zero-order valence-electron chi connectivity index (χ0n) is 12.8. The molecule has 1 aliphatic rings. The molecule has 1 fully saturated rings. The molecule has 2 heterocycles. The fourth-order valence-corrected chi connectivity index (χ4v) is 3.32. The molecule has 3 rings (SSSR count). The number of amides is 2. The van der Waals surface area contributed by atoms with Gasteiger partial charge in [0.15, 0.2) is 5.13 Å². The van der Waals surface area contributed by atoms with Gasteiger partial charge in [-0.05, 0) is 31.4 Å². The summed E-state index contributed by atoms with van der Waals surface area (Å²) in [5.74, 6) is -0.0650. The van der Waals surface area contributed by atoms with Crippen LogP contribution < -0.4 is 5.32 Å². The van der Waals surface area contributed by atoms with E-state index in [4.69, 9.17) is 0 Å². The topological polar surface area (TPSA) is 62.3 Å². The number of aromatic nitrogens is 1. The van der Waals surface area contributed by atoms with Gasteiger partial charge in [-0.25, -0.2) is 4.98 Å². The van der Waals surface area contributed by atoms with Crippen molar-refractivity contribution in [3.8, 4) is 0 Å². The van der Waals surface area contributed by atoms with Gasteiger partial charge in [0.05, 0.1) is 12.1 Å². The number of rotatable bonds is 4. The number of hydrogen-bond donors (Lipinski definition) is 1. The maximum atomic E-state index is 12.2. The van der Waals surface area contributed by atoms with Crippen molar-refractivity contribution < 1.29 is 9.59 Å². The van der Waals surface area contributed by atoms with Crippen LogP contribution >= 0.6 is 11.3 Å². The molecule has 5 nitrogen and oxygen atoms in total. The highest BCUT2D eigenvalue weighted by Gasteiger charge is 2.18. The quantitative estimate of drug-likeness (QED) is 0.938. The van der Waals surface area contributed by atoms with Gasteiger partial charge in [0, 0.05) is 24.0 Å². The minimum atomic E-state index is -0.186. The lowest BCUT2D eigenvalue weighted by Gasteiger charge is -2.26. The molecule has 120 valence electrons. The largest absolute Gasteiger partial charge is 0.342 e. The van der Waals surface area contributed by atoms with Crippen LogP contribution in [0.5, 0.6) is 0 Å². The van der Waals surface area contributed by atoms with E-state index in [9.17, 15) is 9.59 Å². The lowest BCUT2D eigenvalue weighted by Crippen LogP contribution is -2.36. The second kappa shape index (κ2) is 7.37. The van der Waals surface area contributed by atoms with E-state index in [1.165, 1.54) is 17.8 Å². The number of nitrogens with one attached hydrogen (secondary N) is 1. The zero-order valence-corrected chi connectivity index (χ0v) is 13.6. The van der Waals surface area contributed by atoms with Gasteiger partial charge in [-0.2, -0.15) is 0 Å². The average Bonchev–Trinajstić information content (AvgIpc) is 3.03. The SMILES string of the molecule is O=C(Nc1nc(CC(=O)N2CCCCC2)cs1)c1ccccc1. The van der Waals surface area contributed by atoms with Crippen LogP contribution in [0.2, 0.25) is 0 Å². The van der Waals surface area contributed by atoms with Gasteiger partial charge in [0.1, 0.15) is 0 Å². The summed E-state index contributed by atoms with van der Waals surface area (Å²) in [6, 6.07) is 9.01. The van der Waals surface area contributed by atoms with Crippen LogP contribution in [0, 0.1) is 0 Å². The van der Waals surface area contributed by atoms with E-state index in [-0.39, 0.29) is 11.8 Å². The highest BCUT2D eigenvalue weighted by Crippen LogP contribution is 2.18. The molecule has 0 bridgehead atoms. The molecule has 1 saturated heterocycles. The van der Waals surface area contributed by atoms with Crippen molar-refractivity contribution in [3.05, 3.63) is 47.0 Å². The number of piperidine rings is 1. The molecule has 0 aliphatic carbocycles. The van der Waals surface area contributed by atoms with E-state index >= 15 is 0 Å². The minimum Gasteiger partial charge on any atom is -0.342 e. The first kappa shape index (κ1) is 15.7. The van der Waals surface area contributed by atoms with Crippen molar-refractivity contribution in [1.82, 2.24) is 9.88 Å². The van der Waals surface area contributed by atoms with Crippen molar-refractivity contribution in [1.29, 1.82) is 0 Å². The highest BCUT2D eigenvalue weighted by molar-refractivity contribution is 7.14. The Hall–Kier alpha value is -2.21. The molecular weight excluding hydrogens is 310 g/mol. The number of hydrogen-bond acceptors (Lipinski definition) is 4. The van der Waals surface area contributed by atoms with Gasteiger partial charge in [0.25, 0.3) is 5.91 Å². The summed E-state index contributed by atoms with van der Waals surface area (Å²) in [6.07, 6.45) is 3.68. The van der Waals surface area contributed by atoms with Crippen LogP contribution in [-0.4, -0.2) is 34.8 Å². The summed E-state index contributed by atoms with van der Waals surface area (Å²) in [5, 5.41) is 5.14. The minimum absolute atomic E-state index is 0.121. The number of anilines is 1. The molecule has 0 spiro atoms. The van der Waals surface area contributed by atoms with Crippen LogP contribution in [0.1, 0.15) is 35.3 Å². The number of benzene rings is 1. The molecule has 0 saturated carbocycles. The number of carbonyl (C=O) groups is 2. The normalized spacial score (nSPS) is 14.5. The molecule has 1 aliphatic heterocycles. The summed E-state index contributed by atoms with van der Waals surface area (Å²) < 4.78 is 0. The predicted octanol–water partition coefficient (Wildman–Crippen LogP) is 2.95. The Morgan fingerprint density at radius 2 is 1.87 bits per heavy atom. The molecule has 0 unspecified atom stereocenters. The number of thiazole rings is 1. The van der Waals surface area contributed by atoms with E-state index < -0.39 is 0 Å². The van der Waals surface area contributed by atoms with Crippen LogP contribution in [0.15, 0.2) is 35.7 Å². The number of nitrogens with zero attached hydrogens (tertiary/aromatic N) is 2. The third-order valence-electron chi connectivity index (χ3n) is 3.85. The third-order valence-corrected chi connectivity index (χ3v) is 4.66. The Balaban J connectivity index is 1.57. The van der Waals surface area contributed by atoms with Crippen molar-refractivity contribution in [2.24, 2.45) is 0 Å². The summed E-state index contributed by atoms with van der Waals surface area (Å²) in [4.78, 5) is 30.6. The maximum absolute atomic E-state index is 12.2. The van der Waals surface area contributed by atoms with Crippen LogP contribution in [0.25, 0.3) is 0 Å². The molecule has 0 radical (unpaired) electrons. The maximum Gasteiger partial charge on any atom is 0.257 e. The Kier molecular flexibility index (Phi) is 5.02. The third kappa shape index (κ3) is 4.16. The van der Waals surface area contributed by atoms with E-state index in [1.807, 2.05) is 28.5 Å². The average molecular weight is 329 g/mol. The molecule has 0 atom stereocenters. The first-order chi connectivity index (χ1) is 11.2. The molecule has 1 aromatic heterocycles. The van der Waals surface area contributed by atoms with Crippen LogP contribution in [-0.2, 0) is 11.2 Å². The molecule has 1 aromatic carbocycles. The van der Waals surface area contributed by atoms with E-state index in [0.29, 0.717) is 22.8 Å². The Bertz CT molecular complexity index is 678. The smallest absolute Gasteiger partial charge is 0.257 e. The van der Waals surface area contributed by atoms with Crippen molar-refractivity contribution in [3.63, 3.8) is 0 Å². The van der Waals surface area contributed by atoms with E-state index in [2.05, 4.69) is 10.3 Å². The zero-order chi connectivity index (χ0) is 16.1. The molecule has 1 N–H and O–H groups in total. The number of carbonyl (C=O) groups excluding carboxylic acids is 2. The molecule has 2 aromatic rings. The lowest BCUT2D eigenvalue weighted by atomic mass is 10.1. The molecular formula is C17H19N3O2S. The van der Waals surface area contributed by atoms with Crippen LogP contribution in [0.4, 0.5) is 5.13 Å². The van der Waals surface area contributed by atoms with Gasteiger partial charge in [-0.1, -0.05) is 18.2 Å². The fraction of sp³-hybridized carbons (Fsp3) is 0.353. The Morgan fingerprint density at radius 1 is 1.13 bits per heavy atom. The summed E-state index contributed by atoms with van der Waals surface area (Å²) in [5.41, 5.74) is 1.31. The van der Waals surface area contributed by atoms with Gasteiger partial charge >= 0.3 is 0 Å². The number of likely N-dealkylation sites (tertiary alicyclic amines) is 1. The second-order valence-corrected chi connectivity index (χ2v) is 6.44. The summed E-state index contributed by atoms with van der Waals surface area (Å²) in [6.45, 7) is 1.70. The van der Waals surface area contributed by atoms with Gasteiger partial charge in [-0.15, -0.1) is 11.3 Å².